The van der Waals surface area contributed by atoms with Gasteiger partial charge >= 0.3 is 0 Å². The van der Waals surface area contributed by atoms with Crippen LogP contribution >= 0.6 is 11.6 Å². The molecule has 0 saturated carbocycles. The van der Waals surface area contributed by atoms with E-state index in [1.807, 2.05) is 25.1 Å². The molecule has 2 aromatic carbocycles. The Morgan fingerprint density at radius 3 is 2.52 bits per heavy atom. The van der Waals surface area contributed by atoms with Crippen molar-refractivity contribution in [1.29, 1.82) is 0 Å². The van der Waals surface area contributed by atoms with Crippen molar-refractivity contribution in [2.45, 2.75) is 6.92 Å². The van der Waals surface area contributed by atoms with Crippen LogP contribution in [0.25, 0.3) is 0 Å². The van der Waals surface area contributed by atoms with Crippen LogP contribution in [0, 0.1) is 12.7 Å². The van der Waals surface area contributed by atoms with E-state index in [-0.39, 0.29) is 16.9 Å². The molecular formula is C18H14ClFN4O. The molecule has 0 radical (unpaired) electrons. The van der Waals surface area contributed by atoms with Crippen molar-refractivity contribution in [1.82, 2.24) is 9.97 Å². The number of rotatable bonds is 4. The van der Waals surface area contributed by atoms with E-state index in [1.54, 1.807) is 6.07 Å². The van der Waals surface area contributed by atoms with Gasteiger partial charge in [-0.2, -0.15) is 0 Å². The SMILES string of the molecule is Cc1cccc(NC(=O)c2cnc(Nc3ccc(F)c(Cl)c3)nc2)c1. The summed E-state index contributed by atoms with van der Waals surface area (Å²) in [6.45, 7) is 1.95. The highest BCUT2D eigenvalue weighted by Crippen LogP contribution is 2.21. The van der Waals surface area contributed by atoms with Crippen molar-refractivity contribution in [2.75, 3.05) is 10.6 Å². The first-order chi connectivity index (χ1) is 12.0. The molecule has 7 heteroatoms. The molecular weight excluding hydrogens is 343 g/mol. The fourth-order valence-electron chi connectivity index (χ4n) is 2.14. The first kappa shape index (κ1) is 16.9. The van der Waals surface area contributed by atoms with Gasteiger partial charge in [-0.25, -0.2) is 14.4 Å². The highest BCUT2D eigenvalue weighted by atomic mass is 35.5. The second-order valence-corrected chi connectivity index (χ2v) is 5.78. The molecule has 3 aromatic rings. The van der Waals surface area contributed by atoms with Gasteiger partial charge in [0.2, 0.25) is 5.95 Å². The second-order valence-electron chi connectivity index (χ2n) is 5.37. The first-order valence-electron chi connectivity index (χ1n) is 7.43. The lowest BCUT2D eigenvalue weighted by molar-refractivity contribution is 0.102. The van der Waals surface area contributed by atoms with Gasteiger partial charge < -0.3 is 10.6 Å². The van der Waals surface area contributed by atoms with Crippen molar-refractivity contribution in [3.63, 3.8) is 0 Å². The smallest absolute Gasteiger partial charge is 0.258 e. The molecule has 1 aromatic heterocycles. The minimum atomic E-state index is -0.503. The molecule has 0 bridgehead atoms. The number of hydrogen-bond donors (Lipinski definition) is 2. The van der Waals surface area contributed by atoms with E-state index in [1.165, 1.54) is 30.6 Å². The standard InChI is InChI=1S/C18H14ClFN4O/c1-11-3-2-4-13(7-11)23-17(25)12-9-21-18(22-10-12)24-14-5-6-16(20)15(19)8-14/h2-10H,1H3,(H,23,25)(H,21,22,24). The average Bonchev–Trinajstić information content (AvgIpc) is 2.59. The minimum Gasteiger partial charge on any atom is -0.324 e. The molecule has 126 valence electrons. The molecule has 0 atom stereocenters. The fourth-order valence-corrected chi connectivity index (χ4v) is 2.32. The molecule has 5 nitrogen and oxygen atoms in total. The lowest BCUT2D eigenvalue weighted by atomic mass is 10.2. The van der Waals surface area contributed by atoms with Crippen molar-refractivity contribution >= 4 is 34.8 Å². The Labute approximate surface area is 148 Å². The van der Waals surface area contributed by atoms with Crippen LogP contribution in [0.5, 0.6) is 0 Å². The summed E-state index contributed by atoms with van der Waals surface area (Å²) in [4.78, 5) is 20.4. The number of carbonyl (C=O) groups excluding carboxylic acids is 1. The van der Waals surface area contributed by atoms with Crippen molar-refractivity contribution in [2.24, 2.45) is 0 Å². The number of benzene rings is 2. The quantitative estimate of drug-likeness (QED) is 0.718. The topological polar surface area (TPSA) is 66.9 Å². The zero-order chi connectivity index (χ0) is 17.8. The van der Waals surface area contributed by atoms with Gasteiger partial charge in [-0.1, -0.05) is 23.7 Å². The van der Waals surface area contributed by atoms with Gasteiger partial charge in [0.05, 0.1) is 10.6 Å². The Hall–Kier alpha value is -2.99. The maximum atomic E-state index is 13.1. The molecule has 0 unspecified atom stereocenters. The van der Waals surface area contributed by atoms with Gasteiger partial charge in [0.1, 0.15) is 5.82 Å². The highest BCUT2D eigenvalue weighted by molar-refractivity contribution is 6.31. The van der Waals surface area contributed by atoms with Gasteiger partial charge in [-0.3, -0.25) is 4.79 Å². The zero-order valence-corrected chi connectivity index (χ0v) is 14.0. The van der Waals surface area contributed by atoms with E-state index in [9.17, 15) is 9.18 Å². The largest absolute Gasteiger partial charge is 0.324 e. The molecule has 1 amide bonds. The summed E-state index contributed by atoms with van der Waals surface area (Å²) < 4.78 is 13.1. The molecule has 0 spiro atoms. The Bertz CT molecular complexity index is 915. The van der Waals surface area contributed by atoms with Gasteiger partial charge in [0.15, 0.2) is 0 Å². The van der Waals surface area contributed by atoms with Gasteiger partial charge in [0, 0.05) is 23.8 Å². The lowest BCUT2D eigenvalue weighted by Gasteiger charge is -2.07. The summed E-state index contributed by atoms with van der Waals surface area (Å²) >= 11 is 5.73. The second kappa shape index (κ2) is 7.27. The number of nitrogens with zero attached hydrogens (tertiary/aromatic N) is 2. The Morgan fingerprint density at radius 2 is 1.84 bits per heavy atom. The maximum absolute atomic E-state index is 13.1. The van der Waals surface area contributed by atoms with Crippen LogP contribution < -0.4 is 10.6 Å². The molecule has 2 N–H and O–H groups in total. The molecule has 0 saturated heterocycles. The van der Waals surface area contributed by atoms with E-state index in [4.69, 9.17) is 11.6 Å². The highest BCUT2D eigenvalue weighted by Gasteiger charge is 2.08. The first-order valence-corrected chi connectivity index (χ1v) is 7.81. The van der Waals surface area contributed by atoms with Crippen LogP contribution in [0.2, 0.25) is 5.02 Å². The van der Waals surface area contributed by atoms with Crippen LogP contribution in [-0.4, -0.2) is 15.9 Å². The lowest BCUT2D eigenvalue weighted by Crippen LogP contribution is -2.13. The number of carbonyl (C=O) groups is 1. The number of anilines is 3. The number of aryl methyl sites for hydroxylation is 1. The Balaban J connectivity index is 1.69. The number of nitrogens with one attached hydrogen (secondary N) is 2. The average molecular weight is 357 g/mol. The third kappa shape index (κ3) is 4.30. The predicted molar refractivity (Wildman–Crippen MR) is 95.9 cm³/mol. The Kier molecular flexibility index (Phi) is 4.90. The van der Waals surface area contributed by atoms with Crippen LogP contribution in [-0.2, 0) is 0 Å². The molecule has 0 fully saturated rings. The van der Waals surface area contributed by atoms with Crippen molar-refractivity contribution in [3.05, 3.63) is 76.8 Å². The van der Waals surface area contributed by atoms with Gasteiger partial charge in [-0.05, 0) is 42.8 Å². The molecule has 25 heavy (non-hydrogen) atoms. The summed E-state index contributed by atoms with van der Waals surface area (Å²) in [7, 11) is 0. The summed E-state index contributed by atoms with van der Waals surface area (Å²) in [6.07, 6.45) is 2.82. The van der Waals surface area contributed by atoms with Gasteiger partial charge in [0.25, 0.3) is 5.91 Å². The van der Waals surface area contributed by atoms with Crippen molar-refractivity contribution < 1.29 is 9.18 Å². The van der Waals surface area contributed by atoms with Crippen LogP contribution in [0.1, 0.15) is 15.9 Å². The summed E-state index contributed by atoms with van der Waals surface area (Å²) in [5, 5.41) is 5.67. The van der Waals surface area contributed by atoms with E-state index in [2.05, 4.69) is 20.6 Å². The van der Waals surface area contributed by atoms with Crippen LogP contribution in [0.4, 0.5) is 21.7 Å². The molecule has 0 aliphatic rings. The molecule has 3 rings (SSSR count). The predicted octanol–water partition coefficient (Wildman–Crippen LogP) is 4.57. The van der Waals surface area contributed by atoms with E-state index >= 15 is 0 Å². The third-order valence-electron chi connectivity index (χ3n) is 3.37. The minimum absolute atomic E-state index is 0.000785. The van der Waals surface area contributed by atoms with Crippen LogP contribution in [0.3, 0.4) is 0 Å². The number of aromatic nitrogens is 2. The number of hydrogen-bond acceptors (Lipinski definition) is 4. The van der Waals surface area contributed by atoms with E-state index in [0.29, 0.717) is 16.9 Å². The Morgan fingerprint density at radius 1 is 1.08 bits per heavy atom. The summed E-state index contributed by atoms with van der Waals surface area (Å²) in [5.41, 5.74) is 2.62. The summed E-state index contributed by atoms with van der Waals surface area (Å²) in [6, 6.07) is 11.7. The van der Waals surface area contributed by atoms with E-state index in [0.717, 1.165) is 5.56 Å². The van der Waals surface area contributed by atoms with Crippen molar-refractivity contribution in [3.8, 4) is 0 Å². The molecule has 1 heterocycles. The molecule has 0 aliphatic carbocycles. The van der Waals surface area contributed by atoms with Crippen LogP contribution in [0.15, 0.2) is 54.9 Å². The molecule has 0 aliphatic heterocycles. The zero-order valence-electron chi connectivity index (χ0n) is 13.3. The number of halogens is 2. The normalized spacial score (nSPS) is 10.4. The van der Waals surface area contributed by atoms with Gasteiger partial charge in [-0.15, -0.1) is 0 Å². The third-order valence-corrected chi connectivity index (χ3v) is 3.66. The fraction of sp³-hybridized carbons (Fsp3) is 0.0556. The monoisotopic (exact) mass is 356 g/mol. The maximum Gasteiger partial charge on any atom is 0.258 e. The number of amides is 1. The van der Waals surface area contributed by atoms with E-state index < -0.39 is 5.82 Å². The summed E-state index contributed by atoms with van der Waals surface area (Å²) in [5.74, 6) is -0.534.